The number of amides is 1. The van der Waals surface area contributed by atoms with Crippen LogP contribution in [0.25, 0.3) is 0 Å². The molecule has 3 nitrogen and oxygen atoms in total. The third-order valence-corrected chi connectivity index (χ3v) is 3.74. The molecule has 116 valence electrons. The second-order valence-electron chi connectivity index (χ2n) is 7.99. The lowest BCUT2D eigenvalue weighted by molar-refractivity contribution is -0.132. The van der Waals surface area contributed by atoms with Gasteiger partial charge in [0.2, 0.25) is 0 Å². The van der Waals surface area contributed by atoms with E-state index in [1.807, 2.05) is 4.90 Å². The second kappa shape index (κ2) is 5.79. The molecule has 0 atom stereocenters. The first-order valence-corrected chi connectivity index (χ1v) is 7.75. The van der Waals surface area contributed by atoms with E-state index >= 15 is 0 Å². The van der Waals surface area contributed by atoms with Gasteiger partial charge in [0.15, 0.2) is 0 Å². The van der Waals surface area contributed by atoms with E-state index in [-0.39, 0.29) is 16.7 Å². The summed E-state index contributed by atoms with van der Waals surface area (Å²) in [4.78, 5) is 17.2. The van der Waals surface area contributed by atoms with Gasteiger partial charge in [-0.3, -0.25) is 4.79 Å². The zero-order chi connectivity index (χ0) is 15.7. The normalized spacial score (nSPS) is 18.1. The van der Waals surface area contributed by atoms with E-state index in [1.54, 1.807) is 0 Å². The Hall–Kier alpha value is -0.990. The molecular weight excluding hydrogens is 248 g/mol. The van der Waals surface area contributed by atoms with Crippen molar-refractivity contribution in [2.75, 3.05) is 20.3 Å². The molecule has 0 aromatic rings. The van der Waals surface area contributed by atoms with Gasteiger partial charge in [0.05, 0.1) is 6.67 Å². The van der Waals surface area contributed by atoms with Gasteiger partial charge in [-0.05, 0) is 11.8 Å². The van der Waals surface area contributed by atoms with Crippen LogP contribution in [0.1, 0.15) is 61.3 Å². The summed E-state index contributed by atoms with van der Waals surface area (Å²) < 4.78 is 0. The average molecular weight is 280 g/mol. The maximum absolute atomic E-state index is 12.9. The number of carbonyl (C=O) groups excluding carboxylic acids is 1. The summed E-state index contributed by atoms with van der Waals surface area (Å²) in [5, 5.41) is 0. The van der Waals surface area contributed by atoms with Crippen LogP contribution in [0.5, 0.6) is 0 Å². The molecule has 0 unspecified atom stereocenters. The topological polar surface area (TPSA) is 23.6 Å². The minimum absolute atomic E-state index is 0.0100. The van der Waals surface area contributed by atoms with Crippen molar-refractivity contribution < 1.29 is 4.79 Å². The highest BCUT2D eigenvalue weighted by atomic mass is 16.2. The molecule has 0 spiro atoms. The molecule has 1 aliphatic heterocycles. The zero-order valence-electron chi connectivity index (χ0n) is 14.6. The highest BCUT2D eigenvalue weighted by Gasteiger charge is 2.40. The molecule has 0 aromatic heterocycles. The Bertz CT molecular complexity index is 396. The Morgan fingerprint density at radius 3 is 2.00 bits per heavy atom. The Kier molecular flexibility index (Phi) is 4.94. The lowest BCUT2D eigenvalue weighted by atomic mass is 9.76. The molecule has 1 heterocycles. The molecule has 0 radical (unpaired) electrons. The highest BCUT2D eigenvalue weighted by molar-refractivity contribution is 5.96. The second-order valence-corrected chi connectivity index (χ2v) is 7.99. The van der Waals surface area contributed by atoms with Gasteiger partial charge in [0, 0.05) is 30.3 Å². The first-order chi connectivity index (χ1) is 9.00. The summed E-state index contributed by atoms with van der Waals surface area (Å²) in [5.74, 6) is 0.231. The first-order valence-electron chi connectivity index (χ1n) is 7.75. The summed E-state index contributed by atoms with van der Waals surface area (Å²) in [5.41, 5.74) is 2.04. The van der Waals surface area contributed by atoms with E-state index in [0.717, 1.165) is 25.0 Å². The van der Waals surface area contributed by atoms with Gasteiger partial charge in [-0.2, -0.15) is 0 Å². The third kappa shape index (κ3) is 3.56. The molecular formula is C17H32N2O. The molecule has 20 heavy (non-hydrogen) atoms. The molecule has 0 saturated heterocycles. The van der Waals surface area contributed by atoms with Gasteiger partial charge < -0.3 is 9.80 Å². The first kappa shape index (κ1) is 17.1. The number of allylic oxidation sites excluding steroid dienone is 1. The molecule has 0 aromatic carbocycles. The van der Waals surface area contributed by atoms with Crippen LogP contribution in [-0.4, -0.2) is 36.0 Å². The van der Waals surface area contributed by atoms with E-state index in [9.17, 15) is 4.79 Å². The van der Waals surface area contributed by atoms with Crippen molar-refractivity contribution in [1.29, 1.82) is 0 Å². The quantitative estimate of drug-likeness (QED) is 0.783. The number of carbonyl (C=O) groups is 1. The van der Waals surface area contributed by atoms with E-state index in [2.05, 4.69) is 60.4 Å². The van der Waals surface area contributed by atoms with E-state index in [1.165, 1.54) is 5.70 Å². The fraction of sp³-hybridized carbons (Fsp3) is 0.824. The number of rotatable bonds is 3. The third-order valence-electron chi connectivity index (χ3n) is 3.74. The summed E-state index contributed by atoms with van der Waals surface area (Å²) in [6, 6.07) is 0. The number of hydrogen-bond acceptors (Lipinski definition) is 2. The SMILES string of the molecule is CCCCN1CN(C)C(C(C)(C)C)=C(C(C)(C)C)C1=O. The van der Waals surface area contributed by atoms with Crippen molar-refractivity contribution in [2.45, 2.75) is 61.3 Å². The maximum atomic E-state index is 12.9. The largest absolute Gasteiger partial charge is 0.359 e. The predicted molar refractivity (Wildman–Crippen MR) is 85.2 cm³/mol. The summed E-state index contributed by atoms with van der Waals surface area (Å²) in [6.07, 6.45) is 2.19. The van der Waals surface area contributed by atoms with Gasteiger partial charge in [-0.15, -0.1) is 0 Å². The molecule has 0 N–H and O–H groups in total. The zero-order valence-corrected chi connectivity index (χ0v) is 14.6. The van der Waals surface area contributed by atoms with Gasteiger partial charge >= 0.3 is 0 Å². The van der Waals surface area contributed by atoms with Crippen molar-refractivity contribution in [3.63, 3.8) is 0 Å². The summed E-state index contributed by atoms with van der Waals surface area (Å²) in [7, 11) is 2.11. The molecule has 1 rings (SSSR count). The van der Waals surface area contributed by atoms with E-state index < -0.39 is 0 Å². The van der Waals surface area contributed by atoms with Gasteiger partial charge in [-0.25, -0.2) is 0 Å². The van der Waals surface area contributed by atoms with E-state index in [4.69, 9.17) is 0 Å². The maximum Gasteiger partial charge on any atom is 0.253 e. The Labute approximate surface area is 125 Å². The van der Waals surface area contributed by atoms with Crippen LogP contribution in [0.15, 0.2) is 11.3 Å². The van der Waals surface area contributed by atoms with Crippen LogP contribution < -0.4 is 0 Å². The standard InChI is InChI=1S/C17H32N2O/c1-9-10-11-19-12-18(8)14(17(5,6)7)13(15(19)20)16(2,3)4/h9-12H2,1-8H3. The van der Waals surface area contributed by atoms with Crippen LogP contribution in [0.2, 0.25) is 0 Å². The molecule has 0 saturated carbocycles. The van der Waals surface area contributed by atoms with Crippen molar-refractivity contribution in [3.05, 3.63) is 11.3 Å². The molecule has 0 aliphatic carbocycles. The number of nitrogens with zero attached hydrogens (tertiary/aromatic N) is 2. The van der Waals surface area contributed by atoms with Crippen LogP contribution in [0.3, 0.4) is 0 Å². The average Bonchev–Trinajstić information content (AvgIpc) is 2.26. The summed E-state index contributed by atoms with van der Waals surface area (Å²) >= 11 is 0. The van der Waals surface area contributed by atoms with E-state index in [0.29, 0.717) is 6.67 Å². The van der Waals surface area contributed by atoms with Crippen LogP contribution in [-0.2, 0) is 4.79 Å². The number of hydrogen-bond donors (Lipinski definition) is 0. The smallest absolute Gasteiger partial charge is 0.253 e. The van der Waals surface area contributed by atoms with Gasteiger partial charge in [-0.1, -0.05) is 54.9 Å². The highest BCUT2D eigenvalue weighted by Crippen LogP contribution is 2.41. The van der Waals surface area contributed by atoms with Gasteiger partial charge in [0.25, 0.3) is 5.91 Å². The monoisotopic (exact) mass is 280 g/mol. The lowest BCUT2D eigenvalue weighted by Crippen LogP contribution is -2.50. The molecule has 1 amide bonds. The Morgan fingerprint density at radius 1 is 1.05 bits per heavy atom. The Balaban J connectivity index is 3.30. The molecule has 1 aliphatic rings. The van der Waals surface area contributed by atoms with Crippen LogP contribution >= 0.6 is 0 Å². The van der Waals surface area contributed by atoms with Crippen molar-refractivity contribution >= 4 is 5.91 Å². The Morgan fingerprint density at radius 2 is 1.60 bits per heavy atom. The fourth-order valence-corrected chi connectivity index (χ4v) is 2.99. The fourth-order valence-electron chi connectivity index (χ4n) is 2.99. The van der Waals surface area contributed by atoms with Crippen LogP contribution in [0.4, 0.5) is 0 Å². The molecule has 3 heteroatoms. The summed E-state index contributed by atoms with van der Waals surface area (Å²) in [6.45, 7) is 16.7. The predicted octanol–water partition coefficient (Wildman–Crippen LogP) is 3.86. The van der Waals surface area contributed by atoms with Gasteiger partial charge in [0.1, 0.15) is 0 Å². The number of unbranched alkanes of at least 4 members (excludes halogenated alkanes) is 1. The minimum atomic E-state index is -0.126. The molecule has 0 bridgehead atoms. The van der Waals surface area contributed by atoms with Crippen LogP contribution in [0, 0.1) is 10.8 Å². The molecule has 0 fully saturated rings. The van der Waals surface area contributed by atoms with Crippen molar-refractivity contribution in [3.8, 4) is 0 Å². The minimum Gasteiger partial charge on any atom is -0.359 e. The van der Waals surface area contributed by atoms with Crippen molar-refractivity contribution in [1.82, 2.24) is 9.80 Å². The lowest BCUT2D eigenvalue weighted by Gasteiger charge is -2.45. The van der Waals surface area contributed by atoms with Crippen molar-refractivity contribution in [2.24, 2.45) is 10.8 Å².